The van der Waals surface area contributed by atoms with Crippen molar-refractivity contribution in [3.8, 4) is 5.88 Å². The summed E-state index contributed by atoms with van der Waals surface area (Å²) in [4.78, 5) is 23.3. The van der Waals surface area contributed by atoms with Crippen molar-refractivity contribution in [1.82, 2.24) is 15.0 Å². The Morgan fingerprint density at radius 2 is 1.85 bits per heavy atom. The molecule has 3 aromatic rings. The highest BCUT2D eigenvalue weighted by Crippen LogP contribution is 2.37. The number of carbonyl (C=O) groups is 1. The number of alkyl halides is 3. The van der Waals surface area contributed by atoms with Crippen LogP contribution in [0.2, 0.25) is 0 Å². The zero-order valence-electron chi connectivity index (χ0n) is 14.1. The first kappa shape index (κ1) is 18.7. The molecule has 27 heavy (non-hydrogen) atoms. The van der Waals surface area contributed by atoms with Crippen LogP contribution in [0.1, 0.15) is 34.8 Å². The van der Waals surface area contributed by atoms with Gasteiger partial charge in [0.25, 0.3) is 0 Å². The first-order valence-corrected chi connectivity index (χ1v) is 7.86. The van der Waals surface area contributed by atoms with Crippen LogP contribution in [-0.2, 0) is 6.61 Å². The minimum atomic E-state index is -4.80. The summed E-state index contributed by atoms with van der Waals surface area (Å²) in [5, 5.41) is 9.46. The molecule has 0 saturated heterocycles. The van der Waals surface area contributed by atoms with Gasteiger partial charge in [-0.1, -0.05) is 12.1 Å². The number of nitrogens with zero attached hydrogens (tertiary/aromatic N) is 3. The predicted molar refractivity (Wildman–Crippen MR) is 89.1 cm³/mol. The van der Waals surface area contributed by atoms with E-state index in [1.165, 1.54) is 6.92 Å². The number of fused-ring (bicyclic) bond motifs is 1. The van der Waals surface area contributed by atoms with Gasteiger partial charge < -0.3 is 9.84 Å². The fourth-order valence-electron chi connectivity index (χ4n) is 2.46. The molecule has 0 spiro atoms. The molecular weight excluding hydrogens is 363 g/mol. The smallest absolute Gasteiger partial charge is 0.429 e. The second kappa shape index (κ2) is 7.28. The Hall–Kier alpha value is -3.07. The molecule has 140 valence electrons. The van der Waals surface area contributed by atoms with Crippen LogP contribution in [-0.4, -0.2) is 32.0 Å². The average Bonchev–Trinajstić information content (AvgIpc) is 2.64. The van der Waals surface area contributed by atoms with Crippen LogP contribution in [0.15, 0.2) is 42.6 Å². The summed E-state index contributed by atoms with van der Waals surface area (Å²) in [5.74, 6) is -0.904. The second-order valence-corrected chi connectivity index (χ2v) is 5.69. The van der Waals surface area contributed by atoms with Crippen molar-refractivity contribution in [2.75, 3.05) is 0 Å². The maximum Gasteiger partial charge on any atom is 0.429 e. The van der Waals surface area contributed by atoms with E-state index in [1.54, 1.807) is 24.3 Å². The van der Waals surface area contributed by atoms with Gasteiger partial charge in [0.1, 0.15) is 11.4 Å². The summed E-state index contributed by atoms with van der Waals surface area (Å²) in [5.41, 5.74) is 0.202. The monoisotopic (exact) mass is 377 g/mol. The number of benzene rings is 1. The normalized spacial score (nSPS) is 12.8. The lowest BCUT2D eigenvalue weighted by atomic mass is 10.1. The standard InChI is InChI=1S/C18H14F3N3O3/c1-10(26)14-8-11(6-7-22-14)16(18(19,20)21)27-17-15(9-25)23-12-4-2-3-5-13(12)24-17/h2-8,16,25H,9H2,1H3. The highest BCUT2D eigenvalue weighted by atomic mass is 19.4. The van der Waals surface area contributed by atoms with Crippen molar-refractivity contribution >= 4 is 16.8 Å². The molecule has 1 aromatic carbocycles. The molecular formula is C18H14F3N3O3. The third-order valence-electron chi connectivity index (χ3n) is 3.73. The molecule has 0 fully saturated rings. The second-order valence-electron chi connectivity index (χ2n) is 5.69. The number of para-hydroxylation sites is 2. The molecule has 0 bridgehead atoms. The van der Waals surface area contributed by atoms with E-state index in [1.807, 2.05) is 0 Å². The molecule has 1 unspecified atom stereocenters. The number of ketones is 1. The van der Waals surface area contributed by atoms with Gasteiger partial charge in [-0.05, 0) is 24.3 Å². The number of aliphatic hydroxyl groups is 1. The first-order chi connectivity index (χ1) is 12.8. The highest BCUT2D eigenvalue weighted by Gasteiger charge is 2.44. The van der Waals surface area contributed by atoms with E-state index in [0.717, 1.165) is 18.3 Å². The van der Waals surface area contributed by atoms with Gasteiger partial charge in [0.2, 0.25) is 12.0 Å². The van der Waals surface area contributed by atoms with Gasteiger partial charge in [0, 0.05) is 18.7 Å². The zero-order chi connectivity index (χ0) is 19.6. The van der Waals surface area contributed by atoms with Gasteiger partial charge in [-0.2, -0.15) is 13.2 Å². The molecule has 2 aromatic heterocycles. The summed E-state index contributed by atoms with van der Waals surface area (Å²) in [6, 6.07) is 8.67. The molecule has 0 radical (unpaired) electrons. The summed E-state index contributed by atoms with van der Waals surface area (Å²) in [6.07, 6.45) is -6.10. The molecule has 0 aliphatic rings. The van der Waals surface area contributed by atoms with Gasteiger partial charge in [-0.3, -0.25) is 9.78 Å². The van der Waals surface area contributed by atoms with E-state index in [-0.39, 0.29) is 17.0 Å². The van der Waals surface area contributed by atoms with Crippen molar-refractivity contribution < 1.29 is 27.8 Å². The van der Waals surface area contributed by atoms with Crippen molar-refractivity contribution in [3.63, 3.8) is 0 Å². The van der Waals surface area contributed by atoms with Gasteiger partial charge in [0.15, 0.2) is 5.78 Å². The van der Waals surface area contributed by atoms with E-state index in [2.05, 4.69) is 15.0 Å². The third-order valence-corrected chi connectivity index (χ3v) is 3.73. The maximum atomic E-state index is 13.6. The minimum absolute atomic E-state index is 0.114. The summed E-state index contributed by atoms with van der Waals surface area (Å²) < 4.78 is 46.0. The molecule has 0 amide bonds. The number of aromatic nitrogens is 3. The molecule has 0 aliphatic carbocycles. The number of rotatable bonds is 5. The number of hydrogen-bond acceptors (Lipinski definition) is 6. The van der Waals surface area contributed by atoms with Gasteiger partial charge >= 0.3 is 6.18 Å². The summed E-state index contributed by atoms with van der Waals surface area (Å²) in [6.45, 7) is 0.557. The van der Waals surface area contributed by atoms with Crippen LogP contribution in [0.25, 0.3) is 11.0 Å². The lowest BCUT2D eigenvalue weighted by Crippen LogP contribution is -2.27. The fraction of sp³-hybridized carbons (Fsp3) is 0.222. The van der Waals surface area contributed by atoms with Gasteiger partial charge in [-0.15, -0.1) is 0 Å². The van der Waals surface area contributed by atoms with E-state index in [4.69, 9.17) is 4.74 Å². The number of hydrogen-bond donors (Lipinski definition) is 1. The number of halogens is 3. The summed E-state index contributed by atoms with van der Waals surface area (Å²) >= 11 is 0. The number of ether oxygens (including phenoxy) is 1. The topological polar surface area (TPSA) is 85.2 Å². The van der Waals surface area contributed by atoms with Crippen LogP contribution < -0.4 is 4.74 Å². The largest absolute Gasteiger partial charge is 0.458 e. The molecule has 0 aliphatic heterocycles. The average molecular weight is 377 g/mol. The Balaban J connectivity index is 2.07. The number of Topliss-reactive ketones (excluding diaryl/α,β-unsaturated/α-hetero) is 1. The Labute approximate surface area is 151 Å². The maximum absolute atomic E-state index is 13.6. The molecule has 6 nitrogen and oxygen atoms in total. The summed E-state index contributed by atoms with van der Waals surface area (Å²) in [7, 11) is 0. The van der Waals surface area contributed by atoms with Crippen LogP contribution in [0.3, 0.4) is 0 Å². The van der Waals surface area contributed by atoms with Crippen molar-refractivity contribution in [1.29, 1.82) is 0 Å². The Bertz CT molecular complexity index is 992. The molecule has 2 heterocycles. The Morgan fingerprint density at radius 3 is 2.44 bits per heavy atom. The molecule has 1 atom stereocenters. The van der Waals surface area contributed by atoms with Crippen LogP contribution in [0.4, 0.5) is 13.2 Å². The van der Waals surface area contributed by atoms with E-state index < -0.39 is 30.6 Å². The highest BCUT2D eigenvalue weighted by molar-refractivity contribution is 5.92. The van der Waals surface area contributed by atoms with E-state index in [9.17, 15) is 23.1 Å². The van der Waals surface area contributed by atoms with Gasteiger partial charge in [-0.25, -0.2) is 9.97 Å². The quantitative estimate of drug-likeness (QED) is 0.686. The number of aliphatic hydroxyl groups excluding tert-OH is 1. The fourth-order valence-corrected chi connectivity index (χ4v) is 2.46. The zero-order valence-corrected chi connectivity index (χ0v) is 14.1. The molecule has 9 heteroatoms. The molecule has 1 N–H and O–H groups in total. The van der Waals surface area contributed by atoms with Crippen molar-refractivity contribution in [2.24, 2.45) is 0 Å². The van der Waals surface area contributed by atoms with Crippen molar-refractivity contribution in [3.05, 3.63) is 59.5 Å². The van der Waals surface area contributed by atoms with E-state index >= 15 is 0 Å². The SMILES string of the molecule is CC(=O)c1cc(C(Oc2nc3ccccc3nc2CO)C(F)(F)F)ccn1. The lowest BCUT2D eigenvalue weighted by Gasteiger charge is -2.22. The number of carbonyl (C=O) groups excluding carboxylic acids is 1. The molecule has 3 rings (SSSR count). The van der Waals surface area contributed by atoms with Crippen LogP contribution in [0, 0.1) is 0 Å². The number of pyridine rings is 1. The molecule has 0 saturated carbocycles. The Morgan fingerprint density at radius 1 is 1.19 bits per heavy atom. The minimum Gasteiger partial charge on any atom is -0.458 e. The first-order valence-electron chi connectivity index (χ1n) is 7.86. The predicted octanol–water partition coefficient (Wildman–Crippen LogP) is 3.40. The van der Waals surface area contributed by atoms with Crippen molar-refractivity contribution in [2.45, 2.75) is 25.8 Å². The van der Waals surface area contributed by atoms with Crippen LogP contribution >= 0.6 is 0 Å². The third kappa shape index (κ3) is 4.03. The van der Waals surface area contributed by atoms with Gasteiger partial charge in [0.05, 0.1) is 17.6 Å². The van der Waals surface area contributed by atoms with Crippen LogP contribution in [0.5, 0.6) is 5.88 Å². The Kier molecular flexibility index (Phi) is 5.04. The lowest BCUT2D eigenvalue weighted by molar-refractivity contribution is -0.199. The van der Waals surface area contributed by atoms with E-state index in [0.29, 0.717) is 11.0 Å².